The standard InChI is InChI=1S/C12H11N3S/c13-6-5-9-1-3-10(4-2-9)7-11-8-15-12(14)16-11/h1-4,8H,5,7H2,(H2,14,15). The van der Waals surface area contributed by atoms with E-state index in [1.165, 1.54) is 16.9 Å². The van der Waals surface area contributed by atoms with Gasteiger partial charge in [-0.25, -0.2) is 4.98 Å². The summed E-state index contributed by atoms with van der Waals surface area (Å²) < 4.78 is 0. The van der Waals surface area contributed by atoms with Crippen LogP contribution >= 0.6 is 11.3 Å². The maximum Gasteiger partial charge on any atom is 0.180 e. The lowest BCUT2D eigenvalue weighted by molar-refractivity contribution is 1.19. The number of nitrogen functional groups attached to an aromatic ring is 1. The zero-order valence-corrected chi connectivity index (χ0v) is 9.50. The van der Waals surface area contributed by atoms with Gasteiger partial charge in [0.15, 0.2) is 5.13 Å². The van der Waals surface area contributed by atoms with Gasteiger partial charge in [-0.05, 0) is 11.1 Å². The van der Waals surface area contributed by atoms with Gasteiger partial charge in [0.2, 0.25) is 0 Å². The Balaban J connectivity index is 2.08. The molecule has 1 aromatic carbocycles. The van der Waals surface area contributed by atoms with Crippen LogP contribution in [0.15, 0.2) is 30.5 Å². The lowest BCUT2D eigenvalue weighted by Crippen LogP contribution is -1.86. The molecule has 80 valence electrons. The van der Waals surface area contributed by atoms with E-state index in [4.69, 9.17) is 11.0 Å². The number of nitrogens with two attached hydrogens (primary N) is 1. The summed E-state index contributed by atoms with van der Waals surface area (Å²) in [6.45, 7) is 0. The topological polar surface area (TPSA) is 62.7 Å². The third kappa shape index (κ3) is 2.59. The first-order valence-corrected chi connectivity index (χ1v) is 5.74. The van der Waals surface area contributed by atoms with E-state index in [1.807, 2.05) is 30.5 Å². The Morgan fingerprint density at radius 2 is 1.94 bits per heavy atom. The fourth-order valence-corrected chi connectivity index (χ4v) is 2.19. The fourth-order valence-electron chi connectivity index (χ4n) is 1.47. The van der Waals surface area contributed by atoms with Gasteiger partial charge in [-0.2, -0.15) is 5.26 Å². The van der Waals surface area contributed by atoms with Crippen LogP contribution in [0.1, 0.15) is 16.0 Å². The van der Waals surface area contributed by atoms with Crippen LogP contribution in [0.3, 0.4) is 0 Å². The number of hydrogen-bond donors (Lipinski definition) is 1. The Morgan fingerprint density at radius 1 is 1.25 bits per heavy atom. The lowest BCUT2D eigenvalue weighted by atomic mass is 10.1. The zero-order chi connectivity index (χ0) is 11.4. The number of thiazole rings is 1. The molecule has 2 rings (SSSR count). The van der Waals surface area contributed by atoms with Crippen molar-refractivity contribution in [3.8, 4) is 6.07 Å². The zero-order valence-electron chi connectivity index (χ0n) is 8.68. The highest BCUT2D eigenvalue weighted by Crippen LogP contribution is 2.18. The van der Waals surface area contributed by atoms with E-state index >= 15 is 0 Å². The molecule has 0 aliphatic rings. The number of nitrogens with zero attached hydrogens (tertiary/aromatic N) is 2. The maximum atomic E-state index is 8.56. The van der Waals surface area contributed by atoms with Gasteiger partial charge < -0.3 is 5.73 Å². The minimum absolute atomic E-state index is 0.466. The van der Waals surface area contributed by atoms with Crippen molar-refractivity contribution in [3.05, 3.63) is 46.5 Å². The summed E-state index contributed by atoms with van der Waals surface area (Å²) in [6.07, 6.45) is 3.12. The molecule has 0 amide bonds. The van der Waals surface area contributed by atoms with Crippen molar-refractivity contribution in [1.82, 2.24) is 4.98 Å². The number of anilines is 1. The minimum atomic E-state index is 0.466. The minimum Gasteiger partial charge on any atom is -0.375 e. The maximum absolute atomic E-state index is 8.56. The molecule has 16 heavy (non-hydrogen) atoms. The molecule has 0 atom stereocenters. The van der Waals surface area contributed by atoms with Gasteiger partial charge >= 0.3 is 0 Å². The van der Waals surface area contributed by atoms with Crippen LogP contribution in [0, 0.1) is 11.3 Å². The Hall–Kier alpha value is -1.86. The van der Waals surface area contributed by atoms with E-state index in [0.717, 1.165) is 16.9 Å². The third-order valence-electron chi connectivity index (χ3n) is 2.26. The average Bonchev–Trinajstić information content (AvgIpc) is 2.67. The quantitative estimate of drug-likeness (QED) is 0.878. The van der Waals surface area contributed by atoms with E-state index in [0.29, 0.717) is 11.6 Å². The highest BCUT2D eigenvalue weighted by Gasteiger charge is 2.00. The molecule has 0 spiro atoms. The first-order valence-electron chi connectivity index (χ1n) is 4.93. The molecule has 0 aliphatic heterocycles. The largest absolute Gasteiger partial charge is 0.375 e. The van der Waals surface area contributed by atoms with Gasteiger partial charge in [-0.15, -0.1) is 11.3 Å². The van der Waals surface area contributed by atoms with Crippen LogP contribution in [0.2, 0.25) is 0 Å². The van der Waals surface area contributed by atoms with Crippen molar-refractivity contribution in [3.63, 3.8) is 0 Å². The molecule has 4 heteroatoms. The predicted molar refractivity (Wildman–Crippen MR) is 65.1 cm³/mol. The fraction of sp³-hybridized carbons (Fsp3) is 0.167. The van der Waals surface area contributed by atoms with Crippen LogP contribution < -0.4 is 5.73 Å². The Bertz CT molecular complexity index is 508. The van der Waals surface area contributed by atoms with Gasteiger partial charge in [-0.1, -0.05) is 24.3 Å². The number of nitriles is 1. The molecule has 2 aromatic rings. The van der Waals surface area contributed by atoms with Crippen LogP contribution in [0.5, 0.6) is 0 Å². The first kappa shape index (κ1) is 10.7. The van der Waals surface area contributed by atoms with Gasteiger partial charge in [0.25, 0.3) is 0 Å². The molecule has 0 saturated heterocycles. The molecule has 3 nitrogen and oxygen atoms in total. The predicted octanol–water partition coefficient (Wildman–Crippen LogP) is 2.38. The molecule has 2 N–H and O–H groups in total. The van der Waals surface area contributed by atoms with Gasteiger partial charge in [0.1, 0.15) is 0 Å². The smallest absolute Gasteiger partial charge is 0.180 e. The second-order valence-electron chi connectivity index (χ2n) is 3.49. The van der Waals surface area contributed by atoms with Crippen molar-refractivity contribution in [2.75, 3.05) is 5.73 Å². The van der Waals surface area contributed by atoms with Crippen LogP contribution in [-0.4, -0.2) is 4.98 Å². The summed E-state index contributed by atoms with van der Waals surface area (Å²) in [6, 6.07) is 10.2. The van der Waals surface area contributed by atoms with Crippen molar-refractivity contribution < 1.29 is 0 Å². The molecule has 0 bridgehead atoms. The first-order chi connectivity index (χ1) is 7.78. The molecule has 0 radical (unpaired) electrons. The van der Waals surface area contributed by atoms with Gasteiger partial charge in [0.05, 0.1) is 12.5 Å². The average molecular weight is 229 g/mol. The number of benzene rings is 1. The summed E-state index contributed by atoms with van der Waals surface area (Å²) in [5.41, 5.74) is 7.83. The van der Waals surface area contributed by atoms with E-state index in [-0.39, 0.29) is 0 Å². The van der Waals surface area contributed by atoms with Gasteiger partial charge in [0, 0.05) is 17.5 Å². The van der Waals surface area contributed by atoms with E-state index in [2.05, 4.69) is 11.1 Å². The van der Waals surface area contributed by atoms with Crippen molar-refractivity contribution in [2.45, 2.75) is 12.8 Å². The Labute approximate surface area is 98.2 Å². The van der Waals surface area contributed by atoms with Crippen LogP contribution in [-0.2, 0) is 12.8 Å². The Kier molecular flexibility index (Phi) is 3.18. The van der Waals surface area contributed by atoms with Crippen LogP contribution in [0.25, 0.3) is 0 Å². The number of rotatable bonds is 3. The summed E-state index contributed by atoms with van der Waals surface area (Å²) in [7, 11) is 0. The molecule has 0 unspecified atom stereocenters. The SMILES string of the molecule is N#CCc1ccc(Cc2cnc(N)s2)cc1. The highest BCUT2D eigenvalue weighted by molar-refractivity contribution is 7.15. The summed E-state index contributed by atoms with van der Waals surface area (Å²) in [5, 5.41) is 9.16. The second-order valence-corrected chi connectivity index (χ2v) is 4.64. The normalized spacial score (nSPS) is 9.94. The number of hydrogen-bond acceptors (Lipinski definition) is 4. The second kappa shape index (κ2) is 4.77. The Morgan fingerprint density at radius 3 is 2.50 bits per heavy atom. The third-order valence-corrected chi connectivity index (χ3v) is 3.08. The van der Waals surface area contributed by atoms with E-state index in [9.17, 15) is 0 Å². The molecule has 0 fully saturated rings. The molecular formula is C12H11N3S. The summed E-state index contributed by atoms with van der Waals surface area (Å²) >= 11 is 1.51. The molecule has 1 aromatic heterocycles. The van der Waals surface area contributed by atoms with Crippen LogP contribution in [0.4, 0.5) is 5.13 Å². The highest BCUT2D eigenvalue weighted by atomic mass is 32.1. The summed E-state index contributed by atoms with van der Waals surface area (Å²) in [4.78, 5) is 5.17. The summed E-state index contributed by atoms with van der Waals surface area (Å²) in [5.74, 6) is 0. The lowest BCUT2D eigenvalue weighted by Gasteiger charge is -1.99. The van der Waals surface area contributed by atoms with E-state index in [1.54, 1.807) is 0 Å². The molecule has 0 aliphatic carbocycles. The monoisotopic (exact) mass is 229 g/mol. The van der Waals surface area contributed by atoms with E-state index < -0.39 is 0 Å². The van der Waals surface area contributed by atoms with Crippen molar-refractivity contribution in [1.29, 1.82) is 5.26 Å². The number of aromatic nitrogens is 1. The van der Waals surface area contributed by atoms with Gasteiger partial charge in [-0.3, -0.25) is 0 Å². The molecular weight excluding hydrogens is 218 g/mol. The van der Waals surface area contributed by atoms with Crippen molar-refractivity contribution >= 4 is 16.5 Å². The molecule has 0 saturated carbocycles. The van der Waals surface area contributed by atoms with Crippen molar-refractivity contribution in [2.24, 2.45) is 0 Å². The molecule has 1 heterocycles.